The van der Waals surface area contributed by atoms with Crippen LogP contribution < -0.4 is 4.90 Å². The summed E-state index contributed by atoms with van der Waals surface area (Å²) in [4.78, 5) is 17.1. The molecule has 1 aliphatic heterocycles. The van der Waals surface area contributed by atoms with Gasteiger partial charge in [-0.15, -0.1) is 0 Å². The van der Waals surface area contributed by atoms with Crippen molar-refractivity contribution in [1.82, 2.24) is 4.98 Å². The summed E-state index contributed by atoms with van der Waals surface area (Å²) in [5.74, 6) is -0.360. The number of pyridine rings is 1. The number of hydrogen-bond donors (Lipinski definition) is 1. The van der Waals surface area contributed by atoms with Gasteiger partial charge >= 0.3 is 5.97 Å². The van der Waals surface area contributed by atoms with E-state index in [0.29, 0.717) is 24.3 Å². The number of rotatable bonds is 2. The molecule has 0 aromatic carbocycles. The number of aliphatic carboxylic acids is 1. The molecule has 17 heavy (non-hydrogen) atoms. The van der Waals surface area contributed by atoms with Crippen LogP contribution in [-0.2, 0) is 4.79 Å². The van der Waals surface area contributed by atoms with E-state index in [4.69, 9.17) is 5.26 Å². The Morgan fingerprint density at radius 2 is 2.41 bits per heavy atom. The van der Waals surface area contributed by atoms with Gasteiger partial charge < -0.3 is 10.0 Å². The molecule has 2 rings (SSSR count). The standard InChI is InChI=1S/C12H13N3O2/c13-8-9-4-3-6-14-11(9)15-7-2-1-5-10(15)12(16)17/h3-4,6,10H,1-2,5,7H2,(H,16,17). The number of carbonyl (C=O) groups is 1. The van der Waals surface area contributed by atoms with E-state index >= 15 is 0 Å². The van der Waals surface area contributed by atoms with E-state index in [1.807, 2.05) is 0 Å². The van der Waals surface area contributed by atoms with Gasteiger partial charge in [0.25, 0.3) is 0 Å². The van der Waals surface area contributed by atoms with Crippen LogP contribution in [0.2, 0.25) is 0 Å². The van der Waals surface area contributed by atoms with Gasteiger partial charge in [-0.05, 0) is 31.4 Å². The molecule has 1 unspecified atom stereocenters. The largest absolute Gasteiger partial charge is 0.480 e. The lowest BCUT2D eigenvalue weighted by Gasteiger charge is -2.34. The lowest BCUT2D eigenvalue weighted by molar-refractivity contribution is -0.139. The van der Waals surface area contributed by atoms with Gasteiger partial charge in [-0.25, -0.2) is 9.78 Å². The second-order valence-corrected chi connectivity index (χ2v) is 4.03. The summed E-state index contributed by atoms with van der Waals surface area (Å²) in [5, 5.41) is 18.2. The third-order valence-corrected chi connectivity index (χ3v) is 2.97. The molecule has 1 fully saturated rings. The van der Waals surface area contributed by atoms with Gasteiger partial charge in [-0.2, -0.15) is 5.26 Å². The van der Waals surface area contributed by atoms with Crippen LogP contribution in [0, 0.1) is 11.3 Å². The fraction of sp³-hybridized carbons (Fsp3) is 0.417. The maximum absolute atomic E-state index is 11.2. The molecule has 1 aliphatic rings. The van der Waals surface area contributed by atoms with Gasteiger partial charge in [0.15, 0.2) is 0 Å². The molecule has 5 nitrogen and oxygen atoms in total. The molecule has 0 saturated carbocycles. The van der Waals surface area contributed by atoms with Crippen molar-refractivity contribution in [2.24, 2.45) is 0 Å². The molecule has 5 heteroatoms. The number of hydrogen-bond acceptors (Lipinski definition) is 4. The minimum Gasteiger partial charge on any atom is -0.480 e. The van der Waals surface area contributed by atoms with Crippen LogP contribution in [0.3, 0.4) is 0 Å². The maximum Gasteiger partial charge on any atom is 0.326 e. The van der Waals surface area contributed by atoms with E-state index in [2.05, 4.69) is 11.1 Å². The zero-order chi connectivity index (χ0) is 12.3. The highest BCUT2D eigenvalue weighted by molar-refractivity contribution is 5.78. The molecule has 2 heterocycles. The summed E-state index contributed by atoms with van der Waals surface area (Å²) in [6, 6.07) is 4.84. The lowest BCUT2D eigenvalue weighted by Crippen LogP contribution is -2.45. The number of piperidine rings is 1. The Balaban J connectivity index is 2.36. The summed E-state index contributed by atoms with van der Waals surface area (Å²) in [6.45, 7) is 0.642. The van der Waals surface area contributed by atoms with Crippen molar-refractivity contribution in [3.05, 3.63) is 23.9 Å². The van der Waals surface area contributed by atoms with Crippen molar-refractivity contribution < 1.29 is 9.90 Å². The topological polar surface area (TPSA) is 77.2 Å². The highest BCUT2D eigenvalue weighted by Crippen LogP contribution is 2.25. The molecule has 0 aliphatic carbocycles. The summed E-state index contributed by atoms with van der Waals surface area (Å²) in [6.07, 6.45) is 4.04. The van der Waals surface area contributed by atoms with Crippen molar-refractivity contribution in [1.29, 1.82) is 5.26 Å². The Labute approximate surface area is 99.3 Å². The lowest BCUT2D eigenvalue weighted by atomic mass is 10.0. The molecule has 0 radical (unpaired) electrons. The number of carboxylic acid groups (broad SMARTS) is 1. The Kier molecular flexibility index (Phi) is 3.24. The van der Waals surface area contributed by atoms with Crippen molar-refractivity contribution in [3.63, 3.8) is 0 Å². The van der Waals surface area contributed by atoms with Gasteiger partial charge in [-0.3, -0.25) is 0 Å². The van der Waals surface area contributed by atoms with Crippen LogP contribution in [0.25, 0.3) is 0 Å². The predicted octanol–water partition coefficient (Wildman–Crippen LogP) is 1.40. The number of aromatic nitrogens is 1. The van der Waals surface area contributed by atoms with Crippen LogP contribution >= 0.6 is 0 Å². The van der Waals surface area contributed by atoms with Crippen molar-refractivity contribution in [2.75, 3.05) is 11.4 Å². The Morgan fingerprint density at radius 1 is 1.59 bits per heavy atom. The van der Waals surface area contributed by atoms with E-state index in [1.54, 1.807) is 23.2 Å². The van der Waals surface area contributed by atoms with E-state index in [1.165, 1.54) is 0 Å². The van der Waals surface area contributed by atoms with E-state index in [-0.39, 0.29) is 0 Å². The molecule has 0 amide bonds. The van der Waals surface area contributed by atoms with Crippen LogP contribution in [0.4, 0.5) is 5.82 Å². The molecule has 1 aromatic rings. The second-order valence-electron chi connectivity index (χ2n) is 4.03. The zero-order valence-electron chi connectivity index (χ0n) is 9.33. The molecule has 1 aromatic heterocycles. The maximum atomic E-state index is 11.2. The van der Waals surface area contributed by atoms with Crippen LogP contribution in [-0.4, -0.2) is 28.6 Å². The van der Waals surface area contributed by atoms with Crippen LogP contribution in [0.1, 0.15) is 24.8 Å². The monoisotopic (exact) mass is 231 g/mol. The first-order valence-electron chi connectivity index (χ1n) is 5.58. The van der Waals surface area contributed by atoms with Gasteiger partial charge in [0.1, 0.15) is 17.9 Å². The van der Waals surface area contributed by atoms with E-state index in [0.717, 1.165) is 12.8 Å². The molecule has 1 saturated heterocycles. The first-order valence-corrected chi connectivity index (χ1v) is 5.58. The first kappa shape index (κ1) is 11.4. The smallest absolute Gasteiger partial charge is 0.326 e. The molecule has 0 bridgehead atoms. The quantitative estimate of drug-likeness (QED) is 0.832. The number of anilines is 1. The van der Waals surface area contributed by atoms with E-state index in [9.17, 15) is 9.90 Å². The Bertz CT molecular complexity index is 467. The highest BCUT2D eigenvalue weighted by Gasteiger charge is 2.30. The Morgan fingerprint density at radius 3 is 3.12 bits per heavy atom. The van der Waals surface area contributed by atoms with Crippen molar-refractivity contribution >= 4 is 11.8 Å². The fourth-order valence-electron chi connectivity index (χ4n) is 2.15. The number of nitriles is 1. The van der Waals surface area contributed by atoms with Gasteiger partial charge in [0.05, 0.1) is 5.56 Å². The van der Waals surface area contributed by atoms with E-state index < -0.39 is 12.0 Å². The van der Waals surface area contributed by atoms with Crippen molar-refractivity contribution in [2.45, 2.75) is 25.3 Å². The highest BCUT2D eigenvalue weighted by atomic mass is 16.4. The first-order chi connectivity index (χ1) is 8.24. The molecule has 1 atom stereocenters. The minimum atomic E-state index is -0.848. The summed E-state index contributed by atoms with van der Waals surface area (Å²) in [5.41, 5.74) is 0.431. The van der Waals surface area contributed by atoms with Gasteiger partial charge in [0.2, 0.25) is 0 Å². The minimum absolute atomic E-state index is 0.431. The van der Waals surface area contributed by atoms with Crippen LogP contribution in [0.15, 0.2) is 18.3 Å². The third kappa shape index (κ3) is 2.21. The summed E-state index contributed by atoms with van der Waals surface area (Å²) >= 11 is 0. The number of nitrogens with zero attached hydrogens (tertiary/aromatic N) is 3. The Hall–Kier alpha value is -2.09. The van der Waals surface area contributed by atoms with Gasteiger partial charge in [0, 0.05) is 12.7 Å². The average molecular weight is 231 g/mol. The normalized spacial score (nSPS) is 19.7. The molecular formula is C12H13N3O2. The molecular weight excluding hydrogens is 218 g/mol. The zero-order valence-corrected chi connectivity index (χ0v) is 9.33. The molecule has 88 valence electrons. The SMILES string of the molecule is N#Cc1cccnc1N1CCCCC1C(=O)O. The third-order valence-electron chi connectivity index (χ3n) is 2.97. The van der Waals surface area contributed by atoms with Crippen LogP contribution in [0.5, 0.6) is 0 Å². The molecule has 0 spiro atoms. The van der Waals surface area contributed by atoms with Crippen molar-refractivity contribution in [3.8, 4) is 6.07 Å². The molecule has 1 N–H and O–H groups in total. The average Bonchev–Trinajstić information content (AvgIpc) is 2.38. The van der Waals surface area contributed by atoms with Gasteiger partial charge in [-0.1, -0.05) is 0 Å². The second kappa shape index (κ2) is 4.83. The number of carboxylic acids is 1. The predicted molar refractivity (Wildman–Crippen MR) is 61.6 cm³/mol. The summed E-state index contributed by atoms with van der Waals surface area (Å²) < 4.78 is 0. The fourth-order valence-corrected chi connectivity index (χ4v) is 2.15. The summed E-state index contributed by atoms with van der Waals surface area (Å²) in [7, 11) is 0.